The highest BCUT2D eigenvalue weighted by Gasteiger charge is 2.29. The smallest absolute Gasteiger partial charge is 0.224 e. The zero-order chi connectivity index (χ0) is 13.8. The highest BCUT2D eigenvalue weighted by Crippen LogP contribution is 2.25. The Morgan fingerprint density at radius 1 is 1.39 bits per heavy atom. The van der Waals surface area contributed by atoms with Crippen LogP contribution in [0.2, 0.25) is 0 Å². The van der Waals surface area contributed by atoms with Gasteiger partial charge in [-0.3, -0.25) is 4.79 Å². The minimum absolute atomic E-state index is 0.00150. The van der Waals surface area contributed by atoms with E-state index in [2.05, 4.69) is 26.1 Å². The van der Waals surface area contributed by atoms with E-state index in [0.29, 0.717) is 6.54 Å². The fourth-order valence-corrected chi connectivity index (χ4v) is 2.60. The topological polar surface area (TPSA) is 75.4 Å². The molecule has 1 aliphatic rings. The first kappa shape index (κ1) is 15.4. The second-order valence-corrected chi connectivity index (χ2v) is 6.66. The Bertz CT molecular complexity index is 273. The minimum atomic E-state index is -0.393. The molecule has 106 valence electrons. The zero-order valence-corrected chi connectivity index (χ0v) is 11.9. The molecule has 0 spiro atoms. The zero-order valence-electron chi connectivity index (χ0n) is 11.9. The number of nitrogens with one attached hydrogen (secondary N) is 1. The molecule has 0 aromatic rings. The lowest BCUT2D eigenvalue weighted by atomic mass is 9.83. The molecule has 1 rings (SSSR count). The van der Waals surface area contributed by atoms with E-state index in [-0.39, 0.29) is 23.3 Å². The molecule has 0 radical (unpaired) electrons. The van der Waals surface area contributed by atoms with E-state index in [1.54, 1.807) is 0 Å². The number of amides is 1. The summed E-state index contributed by atoms with van der Waals surface area (Å²) in [5.74, 6) is -0.155. The maximum absolute atomic E-state index is 12.2. The highest BCUT2D eigenvalue weighted by atomic mass is 16.3. The number of carbonyl (C=O) groups excluding carboxylic acids is 1. The monoisotopic (exact) mass is 256 g/mol. The molecule has 1 aliphatic carbocycles. The largest absolute Gasteiger partial charge is 0.391 e. The van der Waals surface area contributed by atoms with Crippen LogP contribution in [0.25, 0.3) is 0 Å². The first-order chi connectivity index (χ1) is 8.33. The van der Waals surface area contributed by atoms with Crippen LogP contribution in [0.15, 0.2) is 0 Å². The van der Waals surface area contributed by atoms with Gasteiger partial charge in [0.2, 0.25) is 5.91 Å². The van der Waals surface area contributed by atoms with Crippen LogP contribution in [0, 0.1) is 11.3 Å². The molecule has 1 unspecified atom stereocenters. The second-order valence-electron chi connectivity index (χ2n) is 6.66. The first-order valence-electron chi connectivity index (χ1n) is 7.02. The first-order valence-corrected chi connectivity index (χ1v) is 7.02. The molecule has 0 saturated heterocycles. The number of aliphatic hydroxyl groups is 1. The van der Waals surface area contributed by atoms with Crippen LogP contribution >= 0.6 is 0 Å². The van der Waals surface area contributed by atoms with Crippen LogP contribution in [0.4, 0.5) is 0 Å². The number of hydrogen-bond donors (Lipinski definition) is 3. The van der Waals surface area contributed by atoms with Crippen molar-refractivity contribution in [2.24, 2.45) is 17.1 Å². The van der Waals surface area contributed by atoms with Gasteiger partial charge in [0, 0.05) is 6.54 Å². The Labute approximate surface area is 110 Å². The van der Waals surface area contributed by atoms with Crippen LogP contribution in [0.5, 0.6) is 0 Å². The Kier molecular flexibility index (Phi) is 5.60. The lowest BCUT2D eigenvalue weighted by Gasteiger charge is -2.31. The van der Waals surface area contributed by atoms with E-state index < -0.39 is 6.10 Å². The van der Waals surface area contributed by atoms with Crippen molar-refractivity contribution in [3.63, 3.8) is 0 Å². The number of rotatable bonds is 4. The average Bonchev–Trinajstić information content (AvgIpc) is 2.27. The third-order valence-electron chi connectivity index (χ3n) is 3.57. The van der Waals surface area contributed by atoms with E-state index in [4.69, 9.17) is 5.73 Å². The normalized spacial score (nSPS) is 26.7. The van der Waals surface area contributed by atoms with E-state index >= 15 is 0 Å². The van der Waals surface area contributed by atoms with Crippen LogP contribution in [0.3, 0.4) is 0 Å². The van der Waals surface area contributed by atoms with Gasteiger partial charge in [0.1, 0.15) is 0 Å². The minimum Gasteiger partial charge on any atom is -0.391 e. The van der Waals surface area contributed by atoms with E-state index in [1.807, 2.05) is 0 Å². The van der Waals surface area contributed by atoms with Crippen molar-refractivity contribution in [1.29, 1.82) is 0 Å². The van der Waals surface area contributed by atoms with Gasteiger partial charge in [-0.15, -0.1) is 0 Å². The van der Waals surface area contributed by atoms with Gasteiger partial charge < -0.3 is 16.2 Å². The predicted octanol–water partition coefficient (Wildman–Crippen LogP) is 1.42. The standard InChI is InChI=1S/C14H28N2O2/c1-14(2,3)8-10(9-15)13(18)16-11-6-4-5-7-12(11)17/h10-12,17H,4-9,15H2,1-3H3,(H,16,18)/t10?,11-,12-/m1/s1. The fraction of sp³-hybridized carbons (Fsp3) is 0.929. The van der Waals surface area contributed by atoms with Gasteiger partial charge in [-0.05, 0) is 24.7 Å². The number of hydrogen-bond acceptors (Lipinski definition) is 3. The summed E-state index contributed by atoms with van der Waals surface area (Å²) in [6.07, 6.45) is 4.18. The van der Waals surface area contributed by atoms with Gasteiger partial charge in [0.25, 0.3) is 0 Å². The van der Waals surface area contributed by atoms with Crippen molar-refractivity contribution in [1.82, 2.24) is 5.32 Å². The van der Waals surface area contributed by atoms with Gasteiger partial charge >= 0.3 is 0 Å². The molecule has 4 N–H and O–H groups in total. The molecule has 4 heteroatoms. The molecule has 4 nitrogen and oxygen atoms in total. The van der Waals surface area contributed by atoms with Gasteiger partial charge in [0.15, 0.2) is 0 Å². The Morgan fingerprint density at radius 3 is 2.50 bits per heavy atom. The van der Waals surface area contributed by atoms with E-state index in [9.17, 15) is 9.90 Å². The maximum Gasteiger partial charge on any atom is 0.224 e. The Hall–Kier alpha value is -0.610. The lowest BCUT2D eigenvalue weighted by molar-refractivity contribution is -0.127. The molecular weight excluding hydrogens is 228 g/mol. The molecule has 1 fully saturated rings. The summed E-state index contributed by atoms with van der Waals surface area (Å²) in [6, 6.07) is -0.0831. The highest BCUT2D eigenvalue weighted by molar-refractivity contribution is 5.79. The van der Waals surface area contributed by atoms with Crippen molar-refractivity contribution in [3.05, 3.63) is 0 Å². The summed E-state index contributed by atoms with van der Waals surface area (Å²) in [4.78, 5) is 12.2. The molecule has 0 aromatic heterocycles. The molecule has 0 bridgehead atoms. The average molecular weight is 256 g/mol. The van der Waals surface area contributed by atoms with E-state index in [0.717, 1.165) is 32.1 Å². The fourth-order valence-electron chi connectivity index (χ4n) is 2.60. The van der Waals surface area contributed by atoms with Crippen molar-refractivity contribution >= 4 is 5.91 Å². The van der Waals surface area contributed by atoms with Crippen molar-refractivity contribution < 1.29 is 9.90 Å². The maximum atomic E-state index is 12.2. The van der Waals surface area contributed by atoms with Crippen LogP contribution in [-0.4, -0.2) is 29.7 Å². The summed E-state index contributed by atoms with van der Waals surface area (Å²) in [7, 11) is 0. The molecule has 1 amide bonds. The van der Waals surface area contributed by atoms with Crippen LogP contribution < -0.4 is 11.1 Å². The summed E-state index contributed by atoms with van der Waals surface area (Å²) < 4.78 is 0. The van der Waals surface area contributed by atoms with Crippen LogP contribution in [0.1, 0.15) is 52.9 Å². The second kappa shape index (κ2) is 6.53. The van der Waals surface area contributed by atoms with Gasteiger partial charge in [-0.2, -0.15) is 0 Å². The molecule has 0 aromatic carbocycles. The summed E-state index contributed by atoms with van der Waals surface area (Å²) in [5, 5.41) is 12.8. The van der Waals surface area contributed by atoms with Crippen LogP contribution in [-0.2, 0) is 4.79 Å². The number of aliphatic hydroxyl groups excluding tert-OH is 1. The molecule has 0 aliphatic heterocycles. The number of nitrogens with two attached hydrogens (primary N) is 1. The molecule has 3 atom stereocenters. The van der Waals surface area contributed by atoms with Gasteiger partial charge in [-0.1, -0.05) is 33.6 Å². The Balaban J connectivity index is 2.51. The van der Waals surface area contributed by atoms with E-state index in [1.165, 1.54) is 0 Å². The number of carbonyl (C=O) groups is 1. The van der Waals surface area contributed by atoms with Gasteiger partial charge in [0.05, 0.1) is 18.1 Å². The third kappa shape index (κ3) is 4.94. The Morgan fingerprint density at radius 2 is 2.00 bits per heavy atom. The van der Waals surface area contributed by atoms with Crippen molar-refractivity contribution in [2.75, 3.05) is 6.54 Å². The molecule has 18 heavy (non-hydrogen) atoms. The van der Waals surface area contributed by atoms with Crippen molar-refractivity contribution in [2.45, 2.75) is 65.0 Å². The van der Waals surface area contributed by atoms with Gasteiger partial charge in [-0.25, -0.2) is 0 Å². The summed E-state index contributed by atoms with van der Waals surface area (Å²) >= 11 is 0. The molecule has 0 heterocycles. The predicted molar refractivity (Wildman–Crippen MR) is 73.0 cm³/mol. The SMILES string of the molecule is CC(C)(C)CC(CN)C(=O)N[C@@H]1CCCC[C@H]1O. The molecular formula is C14H28N2O2. The van der Waals surface area contributed by atoms with Crippen molar-refractivity contribution in [3.8, 4) is 0 Å². The lowest BCUT2D eigenvalue weighted by Crippen LogP contribution is -2.48. The quantitative estimate of drug-likeness (QED) is 0.712. The summed E-state index contributed by atoms with van der Waals surface area (Å²) in [5.41, 5.74) is 5.79. The molecule has 1 saturated carbocycles. The third-order valence-corrected chi connectivity index (χ3v) is 3.57. The summed E-state index contributed by atoms with van der Waals surface area (Å²) in [6.45, 7) is 6.70.